The van der Waals surface area contributed by atoms with E-state index >= 15 is 0 Å². The summed E-state index contributed by atoms with van der Waals surface area (Å²) in [4.78, 5) is 12.3. The number of hydrogen-bond acceptors (Lipinski definition) is 5. The zero-order valence-corrected chi connectivity index (χ0v) is 20.9. The highest BCUT2D eigenvalue weighted by Crippen LogP contribution is 2.50. The van der Waals surface area contributed by atoms with E-state index in [4.69, 9.17) is 13.9 Å². The summed E-state index contributed by atoms with van der Waals surface area (Å²) in [5.74, 6) is 2.81. The fourth-order valence-electron chi connectivity index (χ4n) is 4.77. The van der Waals surface area contributed by atoms with Gasteiger partial charge in [-0.15, -0.1) is 0 Å². The number of rotatable bonds is 6. The second kappa shape index (κ2) is 9.17. The first-order valence-corrected chi connectivity index (χ1v) is 12.4. The van der Waals surface area contributed by atoms with Crippen LogP contribution in [0.5, 0.6) is 17.2 Å². The summed E-state index contributed by atoms with van der Waals surface area (Å²) in [5, 5.41) is 10.8. The average molecular weight is 494 g/mol. The number of aryl methyl sites for hydroxylation is 2. The topological polar surface area (TPSA) is 89.4 Å². The van der Waals surface area contributed by atoms with Crippen LogP contribution < -0.4 is 14.8 Å². The lowest BCUT2D eigenvalue weighted by Gasteiger charge is -2.10. The highest BCUT2D eigenvalue weighted by atomic mass is 16.6. The molecular formula is C30H27N3O4. The standard InChI is InChI=1S/C30H27N3O4/c1-17-27(18(2)33-32-17)24-16-26-25(15-23(24)19-9-10-19)29(37-30(34)31-3)28(36-26)20-11-13-22(14-12-20)35-21-7-5-4-6-8-21/h4-8,11-16,19H,9-10H2,1-3H3,(H,31,34)(H,32,33). The van der Waals surface area contributed by atoms with Crippen molar-refractivity contribution in [3.63, 3.8) is 0 Å². The van der Waals surface area contributed by atoms with Crippen molar-refractivity contribution in [1.29, 1.82) is 0 Å². The van der Waals surface area contributed by atoms with Crippen molar-refractivity contribution in [2.75, 3.05) is 7.05 Å². The molecule has 0 radical (unpaired) electrons. The average Bonchev–Trinajstić information content (AvgIpc) is 3.63. The monoisotopic (exact) mass is 493 g/mol. The molecular weight excluding hydrogens is 466 g/mol. The molecule has 1 aliphatic rings. The van der Waals surface area contributed by atoms with Crippen LogP contribution in [0.3, 0.4) is 0 Å². The fourth-order valence-corrected chi connectivity index (χ4v) is 4.77. The maximum Gasteiger partial charge on any atom is 0.412 e. The van der Waals surface area contributed by atoms with Crippen LogP contribution in [0.15, 0.2) is 71.1 Å². The summed E-state index contributed by atoms with van der Waals surface area (Å²) >= 11 is 0. The van der Waals surface area contributed by atoms with Gasteiger partial charge in [-0.05, 0) is 92.3 Å². The summed E-state index contributed by atoms with van der Waals surface area (Å²) in [7, 11) is 1.54. The molecule has 0 bridgehead atoms. The molecule has 0 atom stereocenters. The van der Waals surface area contributed by atoms with Gasteiger partial charge in [-0.1, -0.05) is 18.2 Å². The summed E-state index contributed by atoms with van der Waals surface area (Å²) < 4.78 is 18.1. The van der Waals surface area contributed by atoms with Gasteiger partial charge in [-0.2, -0.15) is 5.10 Å². The Hall–Kier alpha value is -4.52. The number of amides is 1. The largest absolute Gasteiger partial charge is 0.457 e. The molecule has 186 valence electrons. The van der Waals surface area contributed by atoms with E-state index < -0.39 is 6.09 Å². The van der Waals surface area contributed by atoms with Gasteiger partial charge in [0.05, 0.1) is 11.1 Å². The molecule has 7 nitrogen and oxygen atoms in total. The Morgan fingerprint density at radius 1 is 1.03 bits per heavy atom. The molecule has 1 amide bonds. The van der Waals surface area contributed by atoms with Crippen LogP contribution in [-0.4, -0.2) is 23.3 Å². The third kappa shape index (κ3) is 4.33. The Balaban J connectivity index is 1.47. The molecule has 0 saturated heterocycles. The van der Waals surface area contributed by atoms with Crippen LogP contribution in [-0.2, 0) is 0 Å². The second-order valence-electron chi connectivity index (χ2n) is 9.36. The molecule has 1 saturated carbocycles. The van der Waals surface area contributed by atoms with Gasteiger partial charge in [0, 0.05) is 23.9 Å². The lowest BCUT2D eigenvalue weighted by atomic mass is 9.94. The van der Waals surface area contributed by atoms with E-state index in [1.54, 1.807) is 0 Å². The maximum absolute atomic E-state index is 12.3. The number of fused-ring (bicyclic) bond motifs is 1. The number of ether oxygens (including phenoxy) is 2. The predicted molar refractivity (Wildman–Crippen MR) is 142 cm³/mol. The SMILES string of the molecule is CNC(=O)Oc1c(-c2ccc(Oc3ccccc3)cc2)oc2cc(-c3c(C)n[nH]c3C)c(C3CC3)cc12. The molecule has 1 fully saturated rings. The molecule has 2 N–H and O–H groups in total. The van der Waals surface area contributed by atoms with Crippen molar-refractivity contribution in [3.05, 3.63) is 83.7 Å². The van der Waals surface area contributed by atoms with Gasteiger partial charge in [0.15, 0.2) is 11.5 Å². The zero-order chi connectivity index (χ0) is 25.5. The number of benzene rings is 3. The molecule has 1 aliphatic carbocycles. The Kier molecular flexibility index (Phi) is 5.68. The fraction of sp³-hybridized carbons (Fsp3) is 0.200. The van der Waals surface area contributed by atoms with E-state index in [0.717, 1.165) is 52.1 Å². The molecule has 5 aromatic rings. The molecule has 2 aromatic heterocycles. The number of H-pyrrole nitrogens is 1. The minimum absolute atomic E-state index is 0.403. The normalized spacial score (nSPS) is 13.1. The Morgan fingerprint density at radius 2 is 1.76 bits per heavy atom. The highest BCUT2D eigenvalue weighted by Gasteiger charge is 2.31. The van der Waals surface area contributed by atoms with Gasteiger partial charge < -0.3 is 19.2 Å². The third-order valence-electron chi connectivity index (χ3n) is 6.72. The number of furan rings is 1. The number of hydrogen-bond donors (Lipinski definition) is 2. The quantitative estimate of drug-likeness (QED) is 0.256. The van der Waals surface area contributed by atoms with Gasteiger partial charge >= 0.3 is 6.09 Å². The van der Waals surface area contributed by atoms with Crippen LogP contribution in [0.25, 0.3) is 33.4 Å². The van der Waals surface area contributed by atoms with Crippen molar-refractivity contribution in [1.82, 2.24) is 15.5 Å². The maximum atomic E-state index is 12.3. The van der Waals surface area contributed by atoms with Crippen molar-refractivity contribution in [2.45, 2.75) is 32.6 Å². The molecule has 0 spiro atoms. The summed E-state index contributed by atoms with van der Waals surface area (Å²) in [6.45, 7) is 4.04. The number of nitrogens with zero attached hydrogens (tertiary/aromatic N) is 1. The van der Waals surface area contributed by atoms with Crippen LogP contribution in [0.4, 0.5) is 4.79 Å². The molecule has 0 unspecified atom stereocenters. The molecule has 2 heterocycles. The van der Waals surface area contributed by atoms with Crippen LogP contribution in [0.1, 0.15) is 35.7 Å². The first-order chi connectivity index (χ1) is 18.0. The number of aromatic amines is 1. The van der Waals surface area contributed by atoms with Crippen LogP contribution in [0.2, 0.25) is 0 Å². The first-order valence-electron chi connectivity index (χ1n) is 12.4. The van der Waals surface area contributed by atoms with Crippen LogP contribution in [0, 0.1) is 13.8 Å². The van der Waals surface area contributed by atoms with E-state index in [1.165, 1.54) is 12.6 Å². The Morgan fingerprint density at radius 3 is 2.41 bits per heavy atom. The van der Waals surface area contributed by atoms with Gasteiger partial charge in [-0.3, -0.25) is 5.10 Å². The first kappa shape index (κ1) is 22.9. The molecule has 6 rings (SSSR count). The van der Waals surface area contributed by atoms with Gasteiger partial charge in [0.25, 0.3) is 0 Å². The van der Waals surface area contributed by atoms with E-state index in [9.17, 15) is 4.79 Å². The van der Waals surface area contributed by atoms with Crippen molar-refractivity contribution >= 4 is 17.1 Å². The van der Waals surface area contributed by atoms with E-state index in [2.05, 4.69) is 27.6 Å². The minimum atomic E-state index is -0.549. The summed E-state index contributed by atoms with van der Waals surface area (Å²) in [6, 6.07) is 21.3. The van der Waals surface area contributed by atoms with Crippen molar-refractivity contribution in [3.8, 4) is 39.7 Å². The number of carbonyl (C=O) groups excluding carboxylic acids is 1. The van der Waals surface area contributed by atoms with E-state index in [0.29, 0.717) is 28.8 Å². The number of carbonyl (C=O) groups is 1. The van der Waals surface area contributed by atoms with Crippen molar-refractivity contribution < 1.29 is 18.7 Å². The Labute approximate surface area is 214 Å². The second-order valence-corrected chi connectivity index (χ2v) is 9.36. The van der Waals surface area contributed by atoms with E-state index in [1.807, 2.05) is 68.4 Å². The third-order valence-corrected chi connectivity index (χ3v) is 6.72. The predicted octanol–water partition coefficient (Wildman–Crippen LogP) is 7.49. The summed E-state index contributed by atoms with van der Waals surface area (Å²) in [6.07, 6.45) is 1.72. The Bertz CT molecular complexity index is 1580. The van der Waals surface area contributed by atoms with Gasteiger partial charge in [0.2, 0.25) is 0 Å². The van der Waals surface area contributed by atoms with E-state index in [-0.39, 0.29) is 0 Å². The van der Waals surface area contributed by atoms with Crippen molar-refractivity contribution in [2.24, 2.45) is 0 Å². The molecule has 3 aromatic carbocycles. The number of nitrogens with one attached hydrogen (secondary N) is 2. The highest BCUT2D eigenvalue weighted by molar-refractivity contribution is 5.97. The molecule has 37 heavy (non-hydrogen) atoms. The lowest BCUT2D eigenvalue weighted by Crippen LogP contribution is -2.22. The van der Waals surface area contributed by atoms with Gasteiger partial charge in [0.1, 0.15) is 17.1 Å². The zero-order valence-electron chi connectivity index (χ0n) is 20.9. The van der Waals surface area contributed by atoms with Gasteiger partial charge in [-0.25, -0.2) is 4.79 Å². The number of aromatic nitrogens is 2. The molecule has 7 heteroatoms. The minimum Gasteiger partial charge on any atom is -0.457 e. The molecule has 0 aliphatic heterocycles. The number of para-hydroxylation sites is 1. The van der Waals surface area contributed by atoms with Crippen LogP contribution >= 0.6 is 0 Å². The lowest BCUT2D eigenvalue weighted by molar-refractivity contribution is 0.203. The smallest absolute Gasteiger partial charge is 0.412 e. The summed E-state index contributed by atoms with van der Waals surface area (Å²) in [5.41, 5.74) is 6.82.